The van der Waals surface area contributed by atoms with Gasteiger partial charge < -0.3 is 5.32 Å². The third kappa shape index (κ3) is 3.33. The molecule has 102 valence electrons. The average molecular weight is 300 g/mol. The quantitative estimate of drug-likeness (QED) is 0.752. The highest BCUT2D eigenvalue weighted by molar-refractivity contribution is 7.15. The minimum atomic E-state index is 0.836. The predicted octanol–water partition coefficient (Wildman–Crippen LogP) is 4.47. The van der Waals surface area contributed by atoms with E-state index in [4.69, 9.17) is 0 Å². The Bertz CT molecular complexity index is 671. The molecule has 3 rings (SSSR count). The molecule has 0 aliphatic rings. The SMILES string of the molecule is Cc1nc(CNCc2ccc(-c3ccccc3)s2)cs1. The summed E-state index contributed by atoms with van der Waals surface area (Å²) in [4.78, 5) is 7.14. The number of hydrogen-bond acceptors (Lipinski definition) is 4. The van der Waals surface area contributed by atoms with Gasteiger partial charge in [0, 0.05) is 28.2 Å². The molecule has 4 heteroatoms. The molecule has 0 saturated carbocycles. The summed E-state index contributed by atoms with van der Waals surface area (Å²) in [5.74, 6) is 0. The van der Waals surface area contributed by atoms with Crippen LogP contribution < -0.4 is 5.32 Å². The van der Waals surface area contributed by atoms with Crippen LogP contribution in [0.25, 0.3) is 10.4 Å². The van der Waals surface area contributed by atoms with Crippen LogP contribution in [0.3, 0.4) is 0 Å². The molecule has 0 aliphatic heterocycles. The maximum absolute atomic E-state index is 4.45. The second kappa shape index (κ2) is 6.31. The molecule has 0 atom stereocenters. The molecule has 0 fully saturated rings. The van der Waals surface area contributed by atoms with Crippen LogP contribution in [-0.2, 0) is 13.1 Å². The van der Waals surface area contributed by atoms with Crippen LogP contribution in [0.5, 0.6) is 0 Å². The van der Waals surface area contributed by atoms with Gasteiger partial charge in [-0.05, 0) is 24.6 Å². The lowest BCUT2D eigenvalue weighted by Crippen LogP contribution is -2.11. The second-order valence-electron chi connectivity index (χ2n) is 4.59. The van der Waals surface area contributed by atoms with Crippen molar-refractivity contribution in [2.45, 2.75) is 20.0 Å². The molecule has 0 spiro atoms. The van der Waals surface area contributed by atoms with E-state index in [2.05, 4.69) is 58.1 Å². The molecule has 0 amide bonds. The van der Waals surface area contributed by atoms with Crippen molar-refractivity contribution in [3.63, 3.8) is 0 Å². The number of hydrogen-bond donors (Lipinski definition) is 1. The van der Waals surface area contributed by atoms with Crippen LogP contribution in [0.15, 0.2) is 47.8 Å². The Morgan fingerprint density at radius 1 is 1.05 bits per heavy atom. The first-order valence-corrected chi connectivity index (χ1v) is 8.27. The molecule has 0 bridgehead atoms. The minimum Gasteiger partial charge on any atom is -0.306 e. The van der Waals surface area contributed by atoms with E-state index in [0.717, 1.165) is 23.8 Å². The first-order valence-electron chi connectivity index (χ1n) is 6.57. The summed E-state index contributed by atoms with van der Waals surface area (Å²) in [6.45, 7) is 3.77. The van der Waals surface area contributed by atoms with Gasteiger partial charge in [0.05, 0.1) is 10.7 Å². The Hall–Kier alpha value is -1.49. The van der Waals surface area contributed by atoms with Crippen LogP contribution in [0.4, 0.5) is 0 Å². The van der Waals surface area contributed by atoms with Gasteiger partial charge in [-0.25, -0.2) is 4.98 Å². The van der Waals surface area contributed by atoms with Crippen molar-refractivity contribution in [2.24, 2.45) is 0 Å². The third-order valence-electron chi connectivity index (χ3n) is 2.99. The summed E-state index contributed by atoms with van der Waals surface area (Å²) in [6, 6.07) is 14.9. The van der Waals surface area contributed by atoms with Crippen molar-refractivity contribution in [1.82, 2.24) is 10.3 Å². The fourth-order valence-electron chi connectivity index (χ4n) is 2.03. The number of aryl methyl sites for hydroxylation is 1. The van der Waals surface area contributed by atoms with Gasteiger partial charge in [-0.15, -0.1) is 22.7 Å². The number of nitrogens with zero attached hydrogens (tertiary/aromatic N) is 1. The highest BCUT2D eigenvalue weighted by Gasteiger charge is 2.03. The lowest BCUT2D eigenvalue weighted by molar-refractivity contribution is 0.688. The number of benzene rings is 1. The average Bonchev–Trinajstić information content (AvgIpc) is 3.09. The van der Waals surface area contributed by atoms with Gasteiger partial charge >= 0.3 is 0 Å². The van der Waals surface area contributed by atoms with Crippen molar-refractivity contribution in [3.8, 4) is 10.4 Å². The zero-order valence-electron chi connectivity index (χ0n) is 11.3. The van der Waals surface area contributed by atoms with Crippen molar-refractivity contribution >= 4 is 22.7 Å². The lowest BCUT2D eigenvalue weighted by atomic mass is 10.2. The third-order valence-corrected chi connectivity index (χ3v) is 4.95. The lowest BCUT2D eigenvalue weighted by Gasteiger charge is -2.00. The fourth-order valence-corrected chi connectivity index (χ4v) is 3.63. The zero-order chi connectivity index (χ0) is 13.8. The van der Waals surface area contributed by atoms with Crippen molar-refractivity contribution in [1.29, 1.82) is 0 Å². The summed E-state index contributed by atoms with van der Waals surface area (Å²) in [6.07, 6.45) is 0. The normalized spacial score (nSPS) is 10.8. The molecule has 2 heterocycles. The van der Waals surface area contributed by atoms with Crippen LogP contribution in [-0.4, -0.2) is 4.98 Å². The standard InChI is InChI=1S/C16H16N2S2/c1-12-18-14(11-19-12)9-17-10-15-7-8-16(20-15)13-5-3-2-4-6-13/h2-8,11,17H,9-10H2,1H3. The van der Waals surface area contributed by atoms with E-state index < -0.39 is 0 Å². The molecule has 0 radical (unpaired) electrons. The van der Waals surface area contributed by atoms with Gasteiger partial charge in [-0.1, -0.05) is 30.3 Å². The minimum absolute atomic E-state index is 0.836. The maximum Gasteiger partial charge on any atom is 0.0897 e. The molecule has 0 unspecified atom stereocenters. The van der Waals surface area contributed by atoms with Gasteiger partial charge in [-0.2, -0.15) is 0 Å². The van der Waals surface area contributed by atoms with E-state index in [9.17, 15) is 0 Å². The van der Waals surface area contributed by atoms with Crippen LogP contribution >= 0.6 is 22.7 Å². The van der Waals surface area contributed by atoms with E-state index in [1.807, 2.05) is 18.3 Å². The Balaban J connectivity index is 1.58. The molecule has 0 aliphatic carbocycles. The number of thiazole rings is 1. The smallest absolute Gasteiger partial charge is 0.0897 e. The topological polar surface area (TPSA) is 24.9 Å². The van der Waals surface area contributed by atoms with Gasteiger partial charge in [0.25, 0.3) is 0 Å². The van der Waals surface area contributed by atoms with Crippen LogP contribution in [0.2, 0.25) is 0 Å². The Morgan fingerprint density at radius 3 is 2.65 bits per heavy atom. The molecule has 1 N–H and O–H groups in total. The van der Waals surface area contributed by atoms with Crippen molar-refractivity contribution in [3.05, 3.63) is 63.4 Å². The van der Waals surface area contributed by atoms with E-state index in [0.29, 0.717) is 0 Å². The summed E-state index contributed by atoms with van der Waals surface area (Å²) in [5, 5.41) is 6.70. The first-order chi connectivity index (χ1) is 9.81. The molecule has 2 nitrogen and oxygen atoms in total. The van der Waals surface area contributed by atoms with E-state index in [1.165, 1.54) is 15.3 Å². The van der Waals surface area contributed by atoms with Crippen molar-refractivity contribution in [2.75, 3.05) is 0 Å². The van der Waals surface area contributed by atoms with Gasteiger partial charge in [0.2, 0.25) is 0 Å². The van der Waals surface area contributed by atoms with E-state index in [1.54, 1.807) is 11.3 Å². The van der Waals surface area contributed by atoms with E-state index >= 15 is 0 Å². The summed E-state index contributed by atoms with van der Waals surface area (Å²) in [7, 11) is 0. The summed E-state index contributed by atoms with van der Waals surface area (Å²) in [5.41, 5.74) is 2.42. The second-order valence-corrected chi connectivity index (χ2v) is 6.82. The zero-order valence-corrected chi connectivity index (χ0v) is 12.9. The Labute approximate surface area is 127 Å². The largest absolute Gasteiger partial charge is 0.306 e. The Morgan fingerprint density at radius 2 is 1.90 bits per heavy atom. The molecular weight excluding hydrogens is 284 g/mol. The molecule has 20 heavy (non-hydrogen) atoms. The molecule has 2 aromatic heterocycles. The number of aromatic nitrogens is 1. The highest BCUT2D eigenvalue weighted by atomic mass is 32.1. The monoisotopic (exact) mass is 300 g/mol. The highest BCUT2D eigenvalue weighted by Crippen LogP contribution is 2.27. The number of rotatable bonds is 5. The predicted molar refractivity (Wildman–Crippen MR) is 87.1 cm³/mol. The first kappa shape index (κ1) is 13.5. The maximum atomic E-state index is 4.45. The van der Waals surface area contributed by atoms with Crippen LogP contribution in [0, 0.1) is 6.92 Å². The Kier molecular flexibility index (Phi) is 4.25. The number of thiophene rings is 1. The summed E-state index contributed by atoms with van der Waals surface area (Å²) >= 11 is 3.55. The molecule has 3 aromatic rings. The van der Waals surface area contributed by atoms with Crippen molar-refractivity contribution < 1.29 is 0 Å². The molecular formula is C16H16N2S2. The van der Waals surface area contributed by atoms with Gasteiger partial charge in [-0.3, -0.25) is 0 Å². The molecule has 0 saturated heterocycles. The molecule has 1 aromatic carbocycles. The van der Waals surface area contributed by atoms with Gasteiger partial charge in [0.1, 0.15) is 0 Å². The summed E-state index contributed by atoms with van der Waals surface area (Å²) < 4.78 is 0. The number of nitrogens with one attached hydrogen (secondary N) is 1. The van der Waals surface area contributed by atoms with Gasteiger partial charge in [0.15, 0.2) is 0 Å². The van der Waals surface area contributed by atoms with E-state index in [-0.39, 0.29) is 0 Å². The van der Waals surface area contributed by atoms with Crippen LogP contribution in [0.1, 0.15) is 15.6 Å². The fraction of sp³-hybridized carbons (Fsp3) is 0.188.